The Morgan fingerprint density at radius 3 is 2.69 bits per heavy atom. The number of rotatable bonds is 3. The van der Waals surface area contributed by atoms with E-state index in [9.17, 15) is 0 Å². The van der Waals surface area contributed by atoms with Crippen LogP contribution in [-0.2, 0) is 6.42 Å². The molecule has 0 aromatic carbocycles. The molecule has 4 nitrogen and oxygen atoms in total. The van der Waals surface area contributed by atoms with Crippen molar-refractivity contribution < 1.29 is 0 Å². The van der Waals surface area contributed by atoms with Crippen molar-refractivity contribution in [3.05, 3.63) is 29.6 Å². The van der Waals surface area contributed by atoms with Crippen LogP contribution >= 0.6 is 12.2 Å². The fraction of sp³-hybridized carbons (Fsp3) is 0.364. The van der Waals surface area contributed by atoms with Crippen molar-refractivity contribution in [2.45, 2.75) is 27.2 Å². The van der Waals surface area contributed by atoms with Crippen LogP contribution in [0.1, 0.15) is 32.0 Å². The van der Waals surface area contributed by atoms with Gasteiger partial charge in [-0.3, -0.25) is 10.4 Å². The predicted octanol–water partition coefficient (Wildman–Crippen LogP) is 1.84. The first-order chi connectivity index (χ1) is 7.77. The molecule has 3 N–H and O–H groups in total. The molecule has 16 heavy (non-hydrogen) atoms. The molecule has 1 heterocycles. The molecule has 0 saturated heterocycles. The van der Waals surface area contributed by atoms with E-state index < -0.39 is 0 Å². The zero-order valence-electron chi connectivity index (χ0n) is 9.90. The van der Waals surface area contributed by atoms with E-state index in [1.54, 1.807) is 6.20 Å². The number of hydrazone groups is 1. The van der Waals surface area contributed by atoms with Gasteiger partial charge in [-0.2, -0.15) is 5.10 Å². The molecule has 0 aliphatic carbocycles. The minimum absolute atomic E-state index is 0.467. The van der Waals surface area contributed by atoms with Gasteiger partial charge in [0.1, 0.15) is 11.3 Å². The van der Waals surface area contributed by atoms with Gasteiger partial charge >= 0.3 is 0 Å². The number of nitrogens with one attached hydrogen (secondary N) is 1. The molecule has 1 aromatic heterocycles. The van der Waals surface area contributed by atoms with Crippen molar-refractivity contribution in [2.24, 2.45) is 10.8 Å². The topological polar surface area (TPSA) is 63.3 Å². The summed E-state index contributed by atoms with van der Waals surface area (Å²) in [6.07, 6.45) is 3.91. The summed E-state index contributed by atoms with van der Waals surface area (Å²) in [7, 11) is 0. The molecule has 0 bridgehead atoms. The largest absolute Gasteiger partial charge is 0.388 e. The fourth-order valence-electron chi connectivity index (χ4n) is 0.921. The number of hydrogen-bond acceptors (Lipinski definition) is 3. The molecule has 0 radical (unpaired) electrons. The first-order valence-corrected chi connectivity index (χ1v) is 5.67. The lowest BCUT2D eigenvalue weighted by Gasteiger charge is -2.02. The molecule has 5 heteroatoms. The van der Waals surface area contributed by atoms with Gasteiger partial charge in [0.25, 0.3) is 0 Å². The zero-order chi connectivity index (χ0) is 12.4. The molecule has 0 fully saturated rings. The molecule has 0 aliphatic rings. The SMILES string of the molecule is CC.CCc1ccc(C(=S)N/N=C/N)nc1. The van der Waals surface area contributed by atoms with Gasteiger partial charge in [0, 0.05) is 6.20 Å². The fourth-order valence-corrected chi connectivity index (χ4v) is 1.09. The van der Waals surface area contributed by atoms with E-state index in [2.05, 4.69) is 22.4 Å². The van der Waals surface area contributed by atoms with Gasteiger partial charge in [-0.15, -0.1) is 0 Å². The summed E-state index contributed by atoms with van der Waals surface area (Å²) < 4.78 is 0. The average molecular weight is 238 g/mol. The number of nitrogens with two attached hydrogens (primary N) is 1. The van der Waals surface area contributed by atoms with Crippen molar-refractivity contribution in [3.8, 4) is 0 Å². The number of thiocarbonyl (C=S) groups is 1. The smallest absolute Gasteiger partial charge is 0.145 e. The molecule has 0 unspecified atom stereocenters. The molecule has 1 aromatic rings. The standard InChI is InChI=1S/C9H12N4S.C2H6/c1-2-7-3-4-8(11-5-7)9(14)13-12-6-10;1-2/h3-6H,2H2,1H3,(H2,10,12)(H,13,14);1-2H3. The van der Waals surface area contributed by atoms with Crippen LogP contribution in [-0.4, -0.2) is 16.3 Å². The third kappa shape index (κ3) is 4.84. The monoisotopic (exact) mass is 238 g/mol. The minimum Gasteiger partial charge on any atom is -0.388 e. The van der Waals surface area contributed by atoms with Crippen molar-refractivity contribution in [1.82, 2.24) is 10.4 Å². The van der Waals surface area contributed by atoms with E-state index in [1.807, 2.05) is 26.0 Å². The second-order valence-electron chi connectivity index (χ2n) is 2.62. The number of hydrogen-bond donors (Lipinski definition) is 2. The van der Waals surface area contributed by atoms with Crippen LogP contribution < -0.4 is 11.2 Å². The summed E-state index contributed by atoms with van der Waals surface area (Å²) in [5.74, 6) is 0. The molecule has 1 rings (SSSR count). The van der Waals surface area contributed by atoms with Gasteiger partial charge in [-0.05, 0) is 18.1 Å². The molecule has 88 valence electrons. The van der Waals surface area contributed by atoms with Crippen LogP contribution in [0, 0.1) is 0 Å². The maximum atomic E-state index is 5.07. The van der Waals surface area contributed by atoms with Gasteiger partial charge in [-0.1, -0.05) is 39.1 Å². The first-order valence-electron chi connectivity index (χ1n) is 5.26. The predicted molar refractivity (Wildman–Crippen MR) is 72.5 cm³/mol. The van der Waals surface area contributed by atoms with Gasteiger partial charge in [0.05, 0.1) is 5.69 Å². The van der Waals surface area contributed by atoms with E-state index in [4.69, 9.17) is 18.0 Å². The van der Waals surface area contributed by atoms with Crippen LogP contribution in [0.4, 0.5) is 0 Å². The normalized spacial score (nSPS) is 9.44. The van der Waals surface area contributed by atoms with Crippen LogP contribution in [0.2, 0.25) is 0 Å². The van der Waals surface area contributed by atoms with Crippen LogP contribution in [0.3, 0.4) is 0 Å². The Morgan fingerprint density at radius 1 is 1.56 bits per heavy atom. The number of aromatic nitrogens is 1. The number of pyridine rings is 1. The molecular weight excluding hydrogens is 220 g/mol. The lowest BCUT2D eigenvalue weighted by Crippen LogP contribution is -2.18. The Balaban J connectivity index is 0.00000106. The highest BCUT2D eigenvalue weighted by molar-refractivity contribution is 7.80. The second-order valence-corrected chi connectivity index (χ2v) is 3.03. The van der Waals surface area contributed by atoms with E-state index >= 15 is 0 Å². The minimum atomic E-state index is 0.467. The Bertz CT molecular complexity index is 332. The Labute approximate surface area is 102 Å². The van der Waals surface area contributed by atoms with Gasteiger partial charge in [0.15, 0.2) is 0 Å². The zero-order valence-corrected chi connectivity index (χ0v) is 10.7. The molecule has 0 saturated carbocycles. The van der Waals surface area contributed by atoms with Gasteiger partial charge < -0.3 is 5.73 Å². The van der Waals surface area contributed by atoms with Crippen LogP contribution in [0.25, 0.3) is 0 Å². The summed E-state index contributed by atoms with van der Waals surface area (Å²) in [4.78, 5) is 4.65. The lowest BCUT2D eigenvalue weighted by atomic mass is 10.2. The highest BCUT2D eigenvalue weighted by atomic mass is 32.1. The van der Waals surface area contributed by atoms with Crippen molar-refractivity contribution in [2.75, 3.05) is 0 Å². The maximum absolute atomic E-state index is 5.07. The third-order valence-electron chi connectivity index (χ3n) is 1.71. The van der Waals surface area contributed by atoms with E-state index in [-0.39, 0.29) is 0 Å². The van der Waals surface area contributed by atoms with E-state index in [0.717, 1.165) is 12.8 Å². The summed E-state index contributed by atoms with van der Waals surface area (Å²) >= 11 is 5.02. The average Bonchev–Trinajstić information content (AvgIpc) is 2.38. The van der Waals surface area contributed by atoms with Gasteiger partial charge in [-0.25, -0.2) is 0 Å². The summed E-state index contributed by atoms with van der Waals surface area (Å²) in [5.41, 5.74) is 9.54. The highest BCUT2D eigenvalue weighted by Gasteiger charge is 2.00. The number of nitrogens with zero attached hydrogens (tertiary/aromatic N) is 2. The van der Waals surface area contributed by atoms with Crippen molar-refractivity contribution in [1.29, 1.82) is 0 Å². The van der Waals surface area contributed by atoms with E-state index in [1.165, 1.54) is 5.56 Å². The van der Waals surface area contributed by atoms with Crippen LogP contribution in [0.5, 0.6) is 0 Å². The Kier molecular flexibility index (Phi) is 7.97. The summed E-state index contributed by atoms with van der Waals surface area (Å²) in [5, 5.41) is 3.61. The second kappa shape index (κ2) is 8.79. The third-order valence-corrected chi connectivity index (χ3v) is 2.01. The first kappa shape index (κ1) is 14.5. The summed E-state index contributed by atoms with van der Waals surface area (Å²) in [6, 6.07) is 3.85. The van der Waals surface area contributed by atoms with E-state index in [0.29, 0.717) is 10.7 Å². The van der Waals surface area contributed by atoms with Gasteiger partial charge in [0.2, 0.25) is 0 Å². The molecular formula is C11H18N4S. The quantitative estimate of drug-likeness (QED) is 0.365. The summed E-state index contributed by atoms with van der Waals surface area (Å²) in [6.45, 7) is 6.08. The van der Waals surface area contributed by atoms with Crippen molar-refractivity contribution >= 4 is 23.5 Å². The Morgan fingerprint density at radius 2 is 2.25 bits per heavy atom. The van der Waals surface area contributed by atoms with Crippen molar-refractivity contribution in [3.63, 3.8) is 0 Å². The molecule has 0 amide bonds. The molecule has 0 spiro atoms. The lowest BCUT2D eigenvalue weighted by molar-refractivity contribution is 1.03. The molecule has 0 aliphatic heterocycles. The highest BCUT2D eigenvalue weighted by Crippen LogP contribution is 2.01. The maximum Gasteiger partial charge on any atom is 0.145 e. The number of aryl methyl sites for hydroxylation is 1. The van der Waals surface area contributed by atoms with Crippen LogP contribution in [0.15, 0.2) is 23.4 Å². The molecule has 0 atom stereocenters. The Hall–Kier alpha value is -1.49.